The summed E-state index contributed by atoms with van der Waals surface area (Å²) < 4.78 is 10.9. The van der Waals surface area contributed by atoms with Gasteiger partial charge in [-0.25, -0.2) is 4.79 Å². The van der Waals surface area contributed by atoms with Crippen LogP contribution in [0.15, 0.2) is 42.3 Å². The van der Waals surface area contributed by atoms with E-state index in [1.165, 1.54) is 12.1 Å². The number of nitro benzene ring substituents is 1. The van der Waals surface area contributed by atoms with Crippen molar-refractivity contribution in [1.82, 2.24) is 0 Å². The van der Waals surface area contributed by atoms with Gasteiger partial charge in [-0.05, 0) is 25.8 Å². The lowest BCUT2D eigenvalue weighted by Crippen LogP contribution is -2.37. The highest BCUT2D eigenvalue weighted by atomic mass is 16.6. The number of carbonyl (C=O) groups is 1. The number of hydrogen-bond donors (Lipinski definition) is 0. The van der Waals surface area contributed by atoms with Crippen molar-refractivity contribution in [2.75, 3.05) is 11.5 Å². The Morgan fingerprint density at radius 2 is 2.39 bits per heavy atom. The van der Waals surface area contributed by atoms with E-state index in [1.807, 2.05) is 0 Å². The van der Waals surface area contributed by atoms with Gasteiger partial charge in [0.05, 0.1) is 28.8 Å². The molecule has 0 fully saturated rings. The molecular weight excluding hydrogens is 300 g/mol. The summed E-state index contributed by atoms with van der Waals surface area (Å²) in [5.41, 5.74) is 0.990. The second kappa shape index (κ2) is 5.75. The van der Waals surface area contributed by atoms with E-state index < -0.39 is 10.9 Å². The summed E-state index contributed by atoms with van der Waals surface area (Å²) in [7, 11) is 0. The third-order valence-corrected chi connectivity index (χ3v) is 3.91. The molecule has 1 aromatic rings. The summed E-state index contributed by atoms with van der Waals surface area (Å²) in [5, 5.41) is 11.0. The number of nitro groups is 1. The molecule has 2 heterocycles. The van der Waals surface area contributed by atoms with Crippen molar-refractivity contribution in [2.24, 2.45) is 0 Å². The Bertz CT molecular complexity index is 725. The zero-order valence-corrected chi connectivity index (χ0v) is 12.7. The monoisotopic (exact) mass is 316 g/mol. The third kappa shape index (κ3) is 2.44. The highest BCUT2D eigenvalue weighted by molar-refractivity contribution is 5.91. The summed E-state index contributed by atoms with van der Waals surface area (Å²) in [6.45, 7) is 5.83. The first-order valence-electron chi connectivity index (χ1n) is 7.35. The van der Waals surface area contributed by atoms with Crippen molar-refractivity contribution < 1.29 is 19.2 Å². The summed E-state index contributed by atoms with van der Waals surface area (Å²) in [6, 6.07) is 4.28. The fourth-order valence-electron chi connectivity index (χ4n) is 2.85. The van der Waals surface area contributed by atoms with Crippen LogP contribution in [0.3, 0.4) is 0 Å². The third-order valence-electron chi connectivity index (χ3n) is 3.91. The van der Waals surface area contributed by atoms with Crippen LogP contribution in [0.25, 0.3) is 0 Å². The number of anilines is 1. The minimum absolute atomic E-state index is 0.0281. The Morgan fingerprint density at radius 1 is 1.61 bits per heavy atom. The number of rotatable bonds is 4. The van der Waals surface area contributed by atoms with Crippen LogP contribution in [0.5, 0.6) is 5.75 Å². The van der Waals surface area contributed by atoms with E-state index in [0.717, 1.165) is 0 Å². The summed E-state index contributed by atoms with van der Waals surface area (Å²) in [6.07, 6.45) is 2.92. The number of benzene rings is 1. The molecule has 1 aromatic carbocycles. The summed E-state index contributed by atoms with van der Waals surface area (Å²) in [5.74, 6) is 0.452. The molecule has 0 saturated carbocycles. The average Bonchev–Trinajstić information content (AvgIpc) is 2.92. The average molecular weight is 316 g/mol. The molecule has 0 amide bonds. The fraction of sp³-hybridized carbons (Fsp3) is 0.312. The molecule has 0 unspecified atom stereocenters. The molecule has 3 rings (SSSR count). The molecule has 1 atom stereocenters. The lowest BCUT2D eigenvalue weighted by molar-refractivity contribution is -0.384. The highest BCUT2D eigenvalue weighted by Gasteiger charge is 2.39. The maximum absolute atomic E-state index is 12.1. The molecule has 120 valence electrons. The van der Waals surface area contributed by atoms with Gasteiger partial charge in [-0.2, -0.15) is 0 Å². The van der Waals surface area contributed by atoms with Gasteiger partial charge in [-0.3, -0.25) is 10.1 Å². The normalized spacial score (nSPS) is 18.8. The topological polar surface area (TPSA) is 81.9 Å². The van der Waals surface area contributed by atoms with E-state index in [0.29, 0.717) is 35.7 Å². The van der Waals surface area contributed by atoms with Gasteiger partial charge in [0, 0.05) is 12.1 Å². The molecule has 0 aliphatic carbocycles. The summed E-state index contributed by atoms with van der Waals surface area (Å²) >= 11 is 0. The fourth-order valence-corrected chi connectivity index (χ4v) is 2.85. The molecule has 23 heavy (non-hydrogen) atoms. The molecule has 0 N–H and O–H groups in total. The van der Waals surface area contributed by atoms with E-state index in [1.54, 1.807) is 24.0 Å². The summed E-state index contributed by atoms with van der Waals surface area (Å²) in [4.78, 5) is 24.5. The molecule has 0 bridgehead atoms. The molecule has 7 heteroatoms. The predicted octanol–water partition coefficient (Wildman–Crippen LogP) is 2.92. The van der Waals surface area contributed by atoms with Crippen LogP contribution in [0, 0.1) is 10.1 Å². The second-order valence-electron chi connectivity index (χ2n) is 5.23. The maximum atomic E-state index is 12.1. The van der Waals surface area contributed by atoms with Crippen LogP contribution in [-0.2, 0) is 9.53 Å². The first kappa shape index (κ1) is 15.1. The Balaban J connectivity index is 2.10. The molecule has 0 aromatic heterocycles. The zero-order valence-electron chi connectivity index (χ0n) is 12.7. The minimum Gasteiger partial charge on any atom is -0.462 e. The number of fused-ring (bicyclic) bond motifs is 3. The van der Waals surface area contributed by atoms with E-state index in [9.17, 15) is 14.9 Å². The van der Waals surface area contributed by atoms with Crippen LogP contribution in [0.2, 0.25) is 0 Å². The molecule has 0 saturated heterocycles. The SMILES string of the molecule is C=C[C@H]1CCC(C(=O)OCC)=C2Oc3ccc([N+](=O)[O-])cc3N21. The van der Waals surface area contributed by atoms with Crippen molar-refractivity contribution in [3.63, 3.8) is 0 Å². The molecule has 2 aliphatic heterocycles. The standard InChI is InChI=1S/C16H16N2O5/c1-3-10-5-7-12(16(19)22-4-2)15-17(10)13-9-11(18(20)21)6-8-14(13)23-15/h3,6,8-10H,1,4-5,7H2,2H3/t10-/m0/s1. The maximum Gasteiger partial charge on any atom is 0.339 e. The Labute approximate surface area is 132 Å². The van der Waals surface area contributed by atoms with Crippen molar-refractivity contribution in [3.05, 3.63) is 52.4 Å². The highest BCUT2D eigenvalue weighted by Crippen LogP contribution is 2.46. The van der Waals surface area contributed by atoms with Crippen molar-refractivity contribution in [1.29, 1.82) is 0 Å². The van der Waals surface area contributed by atoms with Gasteiger partial charge in [0.1, 0.15) is 0 Å². The van der Waals surface area contributed by atoms with Gasteiger partial charge in [0.25, 0.3) is 5.69 Å². The number of nitrogens with zero attached hydrogens (tertiary/aromatic N) is 2. The quantitative estimate of drug-likeness (QED) is 0.368. The van der Waals surface area contributed by atoms with Crippen LogP contribution < -0.4 is 9.64 Å². The number of hydrogen-bond acceptors (Lipinski definition) is 6. The number of carbonyl (C=O) groups excluding carboxylic acids is 1. The smallest absolute Gasteiger partial charge is 0.339 e. The van der Waals surface area contributed by atoms with Gasteiger partial charge in [0.2, 0.25) is 5.88 Å². The Hall–Kier alpha value is -2.83. The Kier molecular flexibility index (Phi) is 3.77. The van der Waals surface area contributed by atoms with Crippen LogP contribution in [-0.4, -0.2) is 23.5 Å². The largest absolute Gasteiger partial charge is 0.462 e. The van der Waals surface area contributed by atoms with Crippen molar-refractivity contribution in [2.45, 2.75) is 25.8 Å². The van der Waals surface area contributed by atoms with Gasteiger partial charge < -0.3 is 14.4 Å². The Morgan fingerprint density at radius 3 is 3.04 bits per heavy atom. The van der Waals surface area contributed by atoms with Crippen LogP contribution in [0.4, 0.5) is 11.4 Å². The molecule has 7 nitrogen and oxygen atoms in total. The van der Waals surface area contributed by atoms with Crippen LogP contribution in [0.1, 0.15) is 19.8 Å². The van der Waals surface area contributed by atoms with Crippen molar-refractivity contribution >= 4 is 17.3 Å². The van der Waals surface area contributed by atoms with E-state index in [2.05, 4.69) is 6.58 Å². The van der Waals surface area contributed by atoms with Crippen molar-refractivity contribution in [3.8, 4) is 5.75 Å². The minimum atomic E-state index is -0.457. The van der Waals surface area contributed by atoms with Gasteiger partial charge >= 0.3 is 5.97 Å². The van der Waals surface area contributed by atoms with Gasteiger partial charge in [-0.1, -0.05) is 6.08 Å². The van der Waals surface area contributed by atoms with Gasteiger partial charge in [-0.15, -0.1) is 6.58 Å². The molecule has 0 radical (unpaired) electrons. The second-order valence-corrected chi connectivity index (χ2v) is 5.23. The number of ether oxygens (including phenoxy) is 2. The van der Waals surface area contributed by atoms with E-state index in [4.69, 9.17) is 9.47 Å². The molecular formula is C16H16N2O5. The van der Waals surface area contributed by atoms with Crippen LogP contribution >= 0.6 is 0 Å². The first-order valence-corrected chi connectivity index (χ1v) is 7.35. The lowest BCUT2D eigenvalue weighted by atomic mass is 9.99. The molecule has 2 aliphatic rings. The number of non-ortho nitro benzene ring substituents is 1. The van der Waals surface area contributed by atoms with Gasteiger partial charge in [0.15, 0.2) is 5.75 Å². The number of esters is 1. The molecule has 0 spiro atoms. The zero-order chi connectivity index (χ0) is 16.6. The van der Waals surface area contributed by atoms with E-state index >= 15 is 0 Å². The predicted molar refractivity (Wildman–Crippen MR) is 83.1 cm³/mol. The first-order chi connectivity index (χ1) is 11.1. The van der Waals surface area contributed by atoms with E-state index in [-0.39, 0.29) is 18.3 Å². The lowest BCUT2D eigenvalue weighted by Gasteiger charge is -2.32.